The van der Waals surface area contributed by atoms with Crippen molar-refractivity contribution >= 4 is 23.5 Å². The molecule has 0 bridgehead atoms. The number of halogens is 1. The number of allylic oxidation sites excluding steroid dienone is 1. The molecule has 0 unspecified atom stereocenters. The Morgan fingerprint density at radius 2 is 1.83 bits per heavy atom. The van der Waals surface area contributed by atoms with Gasteiger partial charge in [-0.2, -0.15) is 0 Å². The minimum Gasteiger partial charge on any atom is -0.489 e. The molecule has 146 valence electrons. The van der Waals surface area contributed by atoms with Crippen LogP contribution in [0.2, 0.25) is 5.02 Å². The molecule has 1 aliphatic heterocycles. The van der Waals surface area contributed by atoms with Crippen LogP contribution in [0.25, 0.3) is 6.08 Å². The number of carbonyl (C=O) groups excluding carboxylic acids is 1. The first kappa shape index (κ1) is 19.3. The normalized spacial score (nSPS) is 14.2. The van der Waals surface area contributed by atoms with Gasteiger partial charge in [0, 0.05) is 11.1 Å². The zero-order chi connectivity index (χ0) is 20.4. The summed E-state index contributed by atoms with van der Waals surface area (Å²) in [7, 11) is 0. The van der Waals surface area contributed by atoms with E-state index in [1.54, 1.807) is 24.3 Å². The topological polar surface area (TPSA) is 35.5 Å². The van der Waals surface area contributed by atoms with Gasteiger partial charge < -0.3 is 9.47 Å². The summed E-state index contributed by atoms with van der Waals surface area (Å²) in [5.74, 6) is 1.83. The Morgan fingerprint density at radius 3 is 2.55 bits per heavy atom. The molecule has 3 aromatic rings. The van der Waals surface area contributed by atoms with E-state index in [0.29, 0.717) is 40.4 Å². The maximum absolute atomic E-state index is 12.7. The van der Waals surface area contributed by atoms with Crippen molar-refractivity contribution in [3.63, 3.8) is 0 Å². The number of carbonyl (C=O) groups is 1. The summed E-state index contributed by atoms with van der Waals surface area (Å²) in [5, 5.41) is 0.671. The first-order chi connectivity index (χ1) is 14.0. The molecule has 0 atom stereocenters. The second-order valence-corrected chi connectivity index (χ2v) is 7.77. The monoisotopic (exact) mass is 404 g/mol. The van der Waals surface area contributed by atoms with Gasteiger partial charge in [0.15, 0.2) is 5.76 Å². The molecule has 3 nitrogen and oxygen atoms in total. The number of Topliss-reactive ketones (excluding diaryl/α,β-unsaturated/α-hetero) is 1. The lowest BCUT2D eigenvalue weighted by Crippen LogP contribution is -1.98. The molecule has 0 radical (unpaired) electrons. The molecule has 0 N–H and O–H groups in total. The molecule has 1 aliphatic rings. The lowest BCUT2D eigenvalue weighted by Gasteiger charge is -2.07. The van der Waals surface area contributed by atoms with Gasteiger partial charge in [-0.15, -0.1) is 0 Å². The highest BCUT2D eigenvalue weighted by atomic mass is 35.5. The number of ketones is 1. The molecule has 29 heavy (non-hydrogen) atoms. The van der Waals surface area contributed by atoms with E-state index in [-0.39, 0.29) is 5.78 Å². The summed E-state index contributed by atoms with van der Waals surface area (Å²) in [6, 6.07) is 20.9. The molecule has 0 saturated heterocycles. The zero-order valence-electron chi connectivity index (χ0n) is 16.3. The minimum atomic E-state index is -0.116. The van der Waals surface area contributed by atoms with Crippen molar-refractivity contribution in [2.24, 2.45) is 0 Å². The second-order valence-electron chi connectivity index (χ2n) is 7.34. The van der Waals surface area contributed by atoms with E-state index >= 15 is 0 Å². The Labute approximate surface area is 175 Å². The highest BCUT2D eigenvalue weighted by molar-refractivity contribution is 6.30. The predicted octanol–water partition coefficient (Wildman–Crippen LogP) is 6.66. The summed E-state index contributed by atoms with van der Waals surface area (Å²) in [6.45, 7) is 4.69. The molecule has 3 aromatic carbocycles. The maximum Gasteiger partial charge on any atom is 0.231 e. The van der Waals surface area contributed by atoms with Crippen LogP contribution in [-0.2, 0) is 6.61 Å². The van der Waals surface area contributed by atoms with Crippen molar-refractivity contribution in [1.29, 1.82) is 0 Å². The van der Waals surface area contributed by atoms with Crippen LogP contribution in [0.1, 0.15) is 46.8 Å². The Bertz CT molecular complexity index is 1080. The average Bonchev–Trinajstić information content (AvgIpc) is 3.02. The highest BCUT2D eigenvalue weighted by Crippen LogP contribution is 2.35. The quantitative estimate of drug-likeness (QED) is 0.446. The molecule has 0 spiro atoms. The summed E-state index contributed by atoms with van der Waals surface area (Å²) in [5.41, 5.74) is 3.71. The molecule has 0 amide bonds. The molecular formula is C25H21ClO3. The van der Waals surface area contributed by atoms with Crippen molar-refractivity contribution in [1.82, 2.24) is 0 Å². The van der Waals surface area contributed by atoms with Crippen LogP contribution in [-0.4, -0.2) is 5.78 Å². The van der Waals surface area contributed by atoms with E-state index in [4.69, 9.17) is 21.1 Å². The third kappa shape index (κ3) is 4.36. The van der Waals surface area contributed by atoms with Gasteiger partial charge in [-0.05, 0) is 52.9 Å². The van der Waals surface area contributed by atoms with Gasteiger partial charge >= 0.3 is 0 Å². The Kier molecular flexibility index (Phi) is 5.41. The van der Waals surface area contributed by atoms with Gasteiger partial charge in [0.05, 0.1) is 5.56 Å². The molecule has 0 saturated carbocycles. The van der Waals surface area contributed by atoms with Crippen LogP contribution in [0.5, 0.6) is 11.5 Å². The van der Waals surface area contributed by atoms with E-state index in [9.17, 15) is 4.79 Å². The smallest absolute Gasteiger partial charge is 0.231 e. The summed E-state index contributed by atoms with van der Waals surface area (Å²) in [6.07, 6.45) is 1.78. The SMILES string of the molecule is CC(C)c1ccc(C=C2Oc3cc(OCc4cccc(Cl)c4)ccc3C2=O)cc1. The van der Waals surface area contributed by atoms with Gasteiger partial charge in [-0.1, -0.05) is 61.8 Å². The fourth-order valence-corrected chi connectivity index (χ4v) is 3.39. The number of rotatable bonds is 5. The van der Waals surface area contributed by atoms with Gasteiger partial charge in [-0.3, -0.25) is 4.79 Å². The number of fused-ring (bicyclic) bond motifs is 1. The average molecular weight is 405 g/mol. The maximum atomic E-state index is 12.7. The Balaban J connectivity index is 1.49. The van der Waals surface area contributed by atoms with E-state index < -0.39 is 0 Å². The van der Waals surface area contributed by atoms with E-state index in [1.807, 2.05) is 36.4 Å². The highest BCUT2D eigenvalue weighted by Gasteiger charge is 2.27. The zero-order valence-corrected chi connectivity index (χ0v) is 17.1. The number of hydrogen-bond acceptors (Lipinski definition) is 3. The third-order valence-corrected chi connectivity index (χ3v) is 5.07. The summed E-state index contributed by atoms with van der Waals surface area (Å²) in [4.78, 5) is 12.7. The fourth-order valence-electron chi connectivity index (χ4n) is 3.18. The molecule has 0 fully saturated rings. The van der Waals surface area contributed by atoms with E-state index in [1.165, 1.54) is 5.56 Å². The Hall–Kier alpha value is -3.04. The van der Waals surface area contributed by atoms with Gasteiger partial charge in [0.2, 0.25) is 5.78 Å². The van der Waals surface area contributed by atoms with Crippen LogP contribution < -0.4 is 9.47 Å². The van der Waals surface area contributed by atoms with Crippen molar-refractivity contribution in [2.75, 3.05) is 0 Å². The van der Waals surface area contributed by atoms with Crippen molar-refractivity contribution in [2.45, 2.75) is 26.4 Å². The molecule has 0 aromatic heterocycles. The lowest BCUT2D eigenvalue weighted by molar-refractivity contribution is 0.101. The van der Waals surface area contributed by atoms with Crippen molar-refractivity contribution in [3.8, 4) is 11.5 Å². The van der Waals surface area contributed by atoms with Crippen LogP contribution >= 0.6 is 11.6 Å². The number of hydrogen-bond donors (Lipinski definition) is 0. The third-order valence-electron chi connectivity index (χ3n) is 4.84. The van der Waals surface area contributed by atoms with Crippen molar-refractivity contribution < 1.29 is 14.3 Å². The van der Waals surface area contributed by atoms with E-state index in [0.717, 1.165) is 11.1 Å². The van der Waals surface area contributed by atoms with Crippen LogP contribution in [0.3, 0.4) is 0 Å². The van der Waals surface area contributed by atoms with Gasteiger partial charge in [0.25, 0.3) is 0 Å². The standard InChI is InChI=1S/C25H21ClO3/c1-16(2)19-8-6-17(7-9-19)13-24-25(27)22-11-10-21(14-23(22)29-24)28-15-18-4-3-5-20(26)12-18/h3-14,16H,15H2,1-2H3. The molecular weight excluding hydrogens is 384 g/mol. The number of benzene rings is 3. The van der Waals surface area contributed by atoms with Crippen molar-refractivity contribution in [3.05, 3.63) is 99.8 Å². The fraction of sp³-hybridized carbons (Fsp3) is 0.160. The molecule has 4 rings (SSSR count). The lowest BCUT2D eigenvalue weighted by atomic mass is 10.0. The van der Waals surface area contributed by atoms with Crippen LogP contribution in [0.15, 0.2) is 72.5 Å². The van der Waals surface area contributed by atoms with Gasteiger partial charge in [0.1, 0.15) is 18.1 Å². The largest absolute Gasteiger partial charge is 0.489 e. The van der Waals surface area contributed by atoms with Crippen LogP contribution in [0.4, 0.5) is 0 Å². The second kappa shape index (κ2) is 8.14. The summed E-state index contributed by atoms with van der Waals surface area (Å²) < 4.78 is 11.7. The van der Waals surface area contributed by atoms with Gasteiger partial charge in [-0.25, -0.2) is 0 Å². The predicted molar refractivity (Wildman–Crippen MR) is 116 cm³/mol. The Morgan fingerprint density at radius 1 is 1.03 bits per heavy atom. The van der Waals surface area contributed by atoms with Crippen LogP contribution in [0, 0.1) is 0 Å². The molecule has 4 heteroatoms. The number of ether oxygens (including phenoxy) is 2. The first-order valence-corrected chi connectivity index (χ1v) is 9.93. The van der Waals surface area contributed by atoms with E-state index in [2.05, 4.69) is 26.0 Å². The molecule has 1 heterocycles. The minimum absolute atomic E-state index is 0.116. The molecule has 0 aliphatic carbocycles. The summed E-state index contributed by atoms with van der Waals surface area (Å²) >= 11 is 6.01. The first-order valence-electron chi connectivity index (χ1n) is 9.55.